The average molecular weight is 275 g/mol. The Labute approximate surface area is 105 Å². The first-order valence-electron chi connectivity index (χ1n) is 4.38. The standard InChI is InChI=1S/C8H8ClFN6O2/c9-3-1-5(14-8(13)15-7(11)12)6(16(17)18)2-4(3)10/h1-2H,(H6,11,12,13,14,15). The minimum atomic E-state index is -0.942. The maximum atomic E-state index is 13.1. The minimum Gasteiger partial charge on any atom is -0.370 e. The van der Waals surface area contributed by atoms with Gasteiger partial charge in [0.1, 0.15) is 11.5 Å². The summed E-state index contributed by atoms with van der Waals surface area (Å²) in [5, 5.41) is 10.4. The van der Waals surface area contributed by atoms with Crippen molar-refractivity contribution in [3.63, 3.8) is 0 Å². The Morgan fingerprint density at radius 1 is 1.39 bits per heavy atom. The first-order valence-corrected chi connectivity index (χ1v) is 4.76. The van der Waals surface area contributed by atoms with E-state index in [0.29, 0.717) is 6.07 Å². The van der Waals surface area contributed by atoms with E-state index in [1.165, 1.54) is 0 Å². The Bertz CT molecular complexity index is 555. The second-order valence-electron chi connectivity index (χ2n) is 3.02. The summed E-state index contributed by atoms with van der Waals surface area (Å²) in [6.07, 6.45) is 0. The lowest BCUT2D eigenvalue weighted by Crippen LogP contribution is -2.26. The van der Waals surface area contributed by atoms with Crippen LogP contribution in [0.5, 0.6) is 0 Å². The van der Waals surface area contributed by atoms with Crippen molar-refractivity contribution in [1.29, 1.82) is 0 Å². The van der Waals surface area contributed by atoms with Crippen molar-refractivity contribution in [3.8, 4) is 0 Å². The molecule has 0 bridgehead atoms. The monoisotopic (exact) mass is 274 g/mol. The number of hydrogen-bond acceptors (Lipinski definition) is 3. The number of rotatable bonds is 2. The van der Waals surface area contributed by atoms with Gasteiger partial charge in [-0.25, -0.2) is 9.38 Å². The van der Waals surface area contributed by atoms with Gasteiger partial charge in [0.25, 0.3) is 5.69 Å². The molecule has 6 N–H and O–H groups in total. The van der Waals surface area contributed by atoms with E-state index in [1.54, 1.807) is 0 Å². The van der Waals surface area contributed by atoms with Crippen LogP contribution in [0.3, 0.4) is 0 Å². The Hall–Kier alpha value is -2.42. The molecule has 18 heavy (non-hydrogen) atoms. The fourth-order valence-electron chi connectivity index (χ4n) is 1.04. The highest BCUT2D eigenvalue weighted by molar-refractivity contribution is 6.31. The molecule has 0 spiro atoms. The number of nitro benzene ring substituents is 1. The van der Waals surface area contributed by atoms with Crippen molar-refractivity contribution in [2.45, 2.75) is 0 Å². The van der Waals surface area contributed by atoms with Crippen molar-refractivity contribution in [3.05, 3.63) is 33.1 Å². The molecule has 0 atom stereocenters. The third-order valence-electron chi connectivity index (χ3n) is 1.69. The molecule has 1 aromatic carbocycles. The summed E-state index contributed by atoms with van der Waals surface area (Å²) >= 11 is 5.49. The number of guanidine groups is 2. The minimum absolute atomic E-state index is 0.256. The highest BCUT2D eigenvalue weighted by atomic mass is 35.5. The number of benzene rings is 1. The van der Waals surface area contributed by atoms with E-state index in [1.807, 2.05) is 0 Å². The largest absolute Gasteiger partial charge is 0.370 e. The second kappa shape index (κ2) is 5.27. The molecule has 1 rings (SSSR count). The number of nitro groups is 1. The predicted octanol–water partition coefficient (Wildman–Crippen LogP) is 0.607. The van der Waals surface area contributed by atoms with E-state index in [-0.39, 0.29) is 16.7 Å². The fourth-order valence-corrected chi connectivity index (χ4v) is 1.20. The zero-order valence-corrected chi connectivity index (χ0v) is 9.56. The van der Waals surface area contributed by atoms with Crippen molar-refractivity contribution >= 4 is 34.9 Å². The molecule has 0 saturated carbocycles. The van der Waals surface area contributed by atoms with Gasteiger partial charge in [-0.05, 0) is 6.07 Å². The molecule has 10 heteroatoms. The van der Waals surface area contributed by atoms with Crippen molar-refractivity contribution in [2.75, 3.05) is 0 Å². The molecule has 0 heterocycles. The Morgan fingerprint density at radius 2 is 2.00 bits per heavy atom. The lowest BCUT2D eigenvalue weighted by Gasteiger charge is -2.00. The molecule has 0 aliphatic carbocycles. The van der Waals surface area contributed by atoms with Crippen LogP contribution in [0.1, 0.15) is 0 Å². The van der Waals surface area contributed by atoms with Gasteiger partial charge in [0.15, 0.2) is 5.96 Å². The van der Waals surface area contributed by atoms with Gasteiger partial charge in [-0.3, -0.25) is 10.1 Å². The number of hydrogen-bond donors (Lipinski definition) is 3. The lowest BCUT2D eigenvalue weighted by atomic mass is 10.2. The van der Waals surface area contributed by atoms with Crippen LogP contribution in [0.2, 0.25) is 5.02 Å². The van der Waals surface area contributed by atoms with Gasteiger partial charge in [0, 0.05) is 0 Å². The maximum Gasteiger partial charge on any atom is 0.297 e. The van der Waals surface area contributed by atoms with Crippen LogP contribution in [-0.4, -0.2) is 16.8 Å². The van der Waals surface area contributed by atoms with E-state index >= 15 is 0 Å². The van der Waals surface area contributed by atoms with Crippen LogP contribution in [-0.2, 0) is 0 Å². The fraction of sp³-hybridized carbons (Fsp3) is 0. The number of aliphatic imine (C=N–C) groups is 2. The van der Waals surface area contributed by atoms with Crippen LogP contribution >= 0.6 is 11.6 Å². The zero-order valence-electron chi connectivity index (χ0n) is 8.80. The molecule has 8 nitrogen and oxygen atoms in total. The first-order chi connectivity index (χ1) is 8.31. The molecule has 96 valence electrons. The molecular weight excluding hydrogens is 267 g/mol. The lowest BCUT2D eigenvalue weighted by molar-refractivity contribution is -0.384. The van der Waals surface area contributed by atoms with Gasteiger partial charge in [-0.1, -0.05) is 11.6 Å². The number of nitrogens with zero attached hydrogens (tertiary/aromatic N) is 3. The SMILES string of the molecule is NC(N)=NC(N)=Nc1cc(Cl)c(F)cc1[N+](=O)[O-]. The molecule has 0 aromatic heterocycles. The second-order valence-corrected chi connectivity index (χ2v) is 3.43. The Morgan fingerprint density at radius 3 is 2.50 bits per heavy atom. The van der Waals surface area contributed by atoms with E-state index in [0.717, 1.165) is 6.07 Å². The molecule has 0 unspecified atom stereocenters. The molecule has 1 aromatic rings. The van der Waals surface area contributed by atoms with Crippen molar-refractivity contribution < 1.29 is 9.31 Å². The summed E-state index contributed by atoms with van der Waals surface area (Å²) in [7, 11) is 0. The predicted molar refractivity (Wildman–Crippen MR) is 65.2 cm³/mol. The molecule has 0 fully saturated rings. The van der Waals surface area contributed by atoms with Crippen LogP contribution in [0.4, 0.5) is 15.8 Å². The molecule has 0 saturated heterocycles. The first kappa shape index (κ1) is 13.6. The van der Waals surface area contributed by atoms with Gasteiger partial charge >= 0.3 is 0 Å². The topological polar surface area (TPSA) is 146 Å². The molecule has 0 aliphatic rings. The van der Waals surface area contributed by atoms with E-state index in [9.17, 15) is 14.5 Å². The smallest absolute Gasteiger partial charge is 0.297 e. The summed E-state index contributed by atoms with van der Waals surface area (Å²) in [5.74, 6) is -1.73. The summed E-state index contributed by atoms with van der Waals surface area (Å²) in [4.78, 5) is 16.8. The highest BCUT2D eigenvalue weighted by Crippen LogP contribution is 2.32. The molecular formula is C8H8ClFN6O2. The Kier molecular flexibility index (Phi) is 4.00. The van der Waals surface area contributed by atoms with Gasteiger partial charge in [0.05, 0.1) is 16.0 Å². The number of nitrogens with two attached hydrogens (primary N) is 3. The highest BCUT2D eigenvalue weighted by Gasteiger charge is 2.17. The number of halogens is 2. The quantitative estimate of drug-likeness (QED) is 0.313. The van der Waals surface area contributed by atoms with Gasteiger partial charge in [-0.15, -0.1) is 0 Å². The molecule has 0 amide bonds. The Balaban J connectivity index is 3.36. The summed E-state index contributed by atoms with van der Waals surface area (Å²) < 4.78 is 13.1. The van der Waals surface area contributed by atoms with Crippen LogP contribution in [0.15, 0.2) is 22.1 Å². The third kappa shape index (κ3) is 3.28. The van der Waals surface area contributed by atoms with Crippen LogP contribution < -0.4 is 17.2 Å². The summed E-state index contributed by atoms with van der Waals surface area (Å²) in [5.41, 5.74) is 14.5. The van der Waals surface area contributed by atoms with E-state index in [4.69, 9.17) is 28.8 Å². The molecule has 0 aliphatic heterocycles. The van der Waals surface area contributed by atoms with Crippen molar-refractivity contribution in [2.24, 2.45) is 27.2 Å². The average Bonchev–Trinajstić information content (AvgIpc) is 2.21. The summed E-state index contributed by atoms with van der Waals surface area (Å²) in [6.45, 7) is 0. The zero-order chi connectivity index (χ0) is 13.9. The van der Waals surface area contributed by atoms with Crippen LogP contribution in [0, 0.1) is 15.9 Å². The normalized spacial score (nSPS) is 11.1. The third-order valence-corrected chi connectivity index (χ3v) is 1.98. The molecule has 0 radical (unpaired) electrons. The van der Waals surface area contributed by atoms with E-state index in [2.05, 4.69) is 9.98 Å². The van der Waals surface area contributed by atoms with Gasteiger partial charge in [0.2, 0.25) is 5.96 Å². The van der Waals surface area contributed by atoms with Crippen LogP contribution in [0.25, 0.3) is 0 Å². The van der Waals surface area contributed by atoms with Crippen molar-refractivity contribution in [1.82, 2.24) is 0 Å². The van der Waals surface area contributed by atoms with Gasteiger partial charge in [-0.2, -0.15) is 4.99 Å². The van der Waals surface area contributed by atoms with Gasteiger partial charge < -0.3 is 17.2 Å². The van der Waals surface area contributed by atoms with E-state index < -0.39 is 22.4 Å². The maximum absolute atomic E-state index is 13.1. The summed E-state index contributed by atoms with van der Waals surface area (Å²) in [6, 6.07) is 1.58.